The number of aromatic nitrogens is 2. The van der Waals surface area contributed by atoms with Crippen molar-refractivity contribution in [2.45, 2.75) is 32.9 Å². The lowest BCUT2D eigenvalue weighted by atomic mass is 10.2. The molecule has 2 heterocycles. The summed E-state index contributed by atoms with van der Waals surface area (Å²) in [4.78, 5) is 31.2. The Morgan fingerprint density at radius 3 is 2.94 bits per heavy atom. The average Bonchev–Trinajstić information content (AvgIpc) is 2.60. The van der Waals surface area contributed by atoms with Gasteiger partial charge >= 0.3 is 5.97 Å². The maximum Gasteiger partial charge on any atom is 0.311 e. The minimum atomic E-state index is -0.989. The van der Waals surface area contributed by atoms with Crippen LogP contribution in [0.3, 0.4) is 0 Å². The van der Waals surface area contributed by atoms with Gasteiger partial charge < -0.3 is 10.1 Å². The normalized spacial score (nSPS) is 14.9. The third-order valence-corrected chi connectivity index (χ3v) is 2.76. The molecule has 0 fully saturated rings. The lowest BCUT2D eigenvalue weighted by Gasteiger charge is -2.11. The smallest absolute Gasteiger partial charge is 0.311 e. The largest absolute Gasteiger partial charge is 0.481 e. The van der Waals surface area contributed by atoms with Crippen LogP contribution in [0, 0.1) is 0 Å². The van der Waals surface area contributed by atoms with Gasteiger partial charge in [0.1, 0.15) is 12.2 Å². The van der Waals surface area contributed by atoms with Crippen LogP contribution in [0.5, 0.6) is 0 Å². The predicted molar refractivity (Wildman–Crippen MR) is 60.6 cm³/mol. The summed E-state index contributed by atoms with van der Waals surface area (Å²) in [6.45, 7) is 4.25. The molecule has 0 saturated heterocycles. The fourth-order valence-corrected chi connectivity index (χ4v) is 2.08. The van der Waals surface area contributed by atoms with Gasteiger partial charge in [-0.3, -0.25) is 14.5 Å². The number of nitrogens with zero attached hydrogens (tertiary/aromatic N) is 2. The second-order valence-corrected chi connectivity index (χ2v) is 4.22. The number of fused-ring (bicyclic) bond motifs is 1. The molecule has 1 aliphatic heterocycles. The van der Waals surface area contributed by atoms with Gasteiger partial charge in [-0.1, -0.05) is 6.92 Å². The van der Waals surface area contributed by atoms with Crippen molar-refractivity contribution in [1.29, 1.82) is 0 Å². The van der Waals surface area contributed by atoms with Gasteiger partial charge in [0, 0.05) is 13.1 Å². The van der Waals surface area contributed by atoms with Crippen molar-refractivity contribution in [2.75, 3.05) is 6.54 Å². The van der Waals surface area contributed by atoms with Gasteiger partial charge in [0.15, 0.2) is 0 Å². The van der Waals surface area contributed by atoms with Crippen molar-refractivity contribution >= 4 is 5.97 Å². The highest BCUT2D eigenvalue weighted by Crippen LogP contribution is 2.17. The van der Waals surface area contributed by atoms with Crippen molar-refractivity contribution in [2.24, 2.45) is 0 Å². The molecular formula is C11H15N3O3. The number of carbonyl (C=O) groups is 1. The van der Waals surface area contributed by atoms with E-state index in [0.717, 1.165) is 18.7 Å². The van der Waals surface area contributed by atoms with E-state index in [1.807, 2.05) is 0 Å². The highest BCUT2D eigenvalue weighted by Gasteiger charge is 2.23. The predicted octanol–water partition coefficient (Wildman–Crippen LogP) is 0.123. The van der Waals surface area contributed by atoms with Crippen LogP contribution in [0.1, 0.15) is 30.4 Å². The third kappa shape index (κ3) is 2.52. The van der Waals surface area contributed by atoms with Crippen molar-refractivity contribution in [3.05, 3.63) is 27.4 Å². The molecule has 1 aromatic rings. The van der Waals surface area contributed by atoms with Crippen LogP contribution in [0.2, 0.25) is 0 Å². The highest BCUT2D eigenvalue weighted by molar-refractivity contribution is 5.68. The maximum atomic E-state index is 11.7. The number of carboxylic acids is 1. The molecule has 92 valence electrons. The van der Waals surface area contributed by atoms with Crippen LogP contribution in [0.4, 0.5) is 0 Å². The zero-order valence-electron chi connectivity index (χ0n) is 9.69. The number of hydrogen-bond donors (Lipinski definition) is 2. The van der Waals surface area contributed by atoms with Crippen molar-refractivity contribution < 1.29 is 9.90 Å². The summed E-state index contributed by atoms with van der Waals surface area (Å²) in [5.74, 6) is -0.754. The maximum absolute atomic E-state index is 11.7. The Balaban J connectivity index is 2.26. The van der Waals surface area contributed by atoms with E-state index in [1.165, 1.54) is 0 Å². The van der Waals surface area contributed by atoms with Crippen molar-refractivity contribution in [1.82, 2.24) is 14.9 Å². The summed E-state index contributed by atoms with van der Waals surface area (Å²) in [7, 11) is 0. The molecule has 0 spiro atoms. The van der Waals surface area contributed by atoms with Gasteiger partial charge in [-0.15, -0.1) is 0 Å². The zero-order chi connectivity index (χ0) is 12.4. The van der Waals surface area contributed by atoms with E-state index in [4.69, 9.17) is 5.11 Å². The molecule has 6 nitrogen and oxygen atoms in total. The molecule has 17 heavy (non-hydrogen) atoms. The fourth-order valence-electron chi connectivity index (χ4n) is 2.08. The first-order valence-corrected chi connectivity index (χ1v) is 5.65. The highest BCUT2D eigenvalue weighted by atomic mass is 16.4. The standard InChI is InChI=1S/C11H15N3O3/c1-2-3-14-5-7-8(6-14)12-9(4-10(15)16)13-11(7)17/h2-6H2,1H3,(H,15,16)(H,12,13,17). The Kier molecular flexibility index (Phi) is 3.23. The van der Waals surface area contributed by atoms with Crippen LogP contribution in [0.25, 0.3) is 0 Å². The van der Waals surface area contributed by atoms with E-state index >= 15 is 0 Å². The molecule has 1 aliphatic rings. The second-order valence-electron chi connectivity index (χ2n) is 4.22. The molecule has 0 radical (unpaired) electrons. The van der Waals surface area contributed by atoms with Crippen LogP contribution in [-0.4, -0.2) is 32.5 Å². The lowest BCUT2D eigenvalue weighted by molar-refractivity contribution is -0.136. The van der Waals surface area contributed by atoms with Gasteiger partial charge in [0.2, 0.25) is 0 Å². The number of aliphatic carboxylic acids is 1. The SMILES string of the molecule is CCCN1Cc2nc(CC(=O)O)[nH]c(=O)c2C1. The van der Waals surface area contributed by atoms with Gasteiger partial charge in [0.05, 0.1) is 11.3 Å². The minimum absolute atomic E-state index is 0.204. The monoisotopic (exact) mass is 237 g/mol. The third-order valence-electron chi connectivity index (χ3n) is 2.76. The van der Waals surface area contributed by atoms with Crippen molar-refractivity contribution in [3.63, 3.8) is 0 Å². The summed E-state index contributed by atoms with van der Waals surface area (Å²) >= 11 is 0. The number of aromatic amines is 1. The van der Waals surface area contributed by atoms with E-state index < -0.39 is 5.97 Å². The quantitative estimate of drug-likeness (QED) is 0.777. The van der Waals surface area contributed by atoms with Crippen LogP contribution in [0.15, 0.2) is 4.79 Å². The van der Waals surface area contributed by atoms with Gasteiger partial charge in [0.25, 0.3) is 5.56 Å². The molecule has 0 bridgehead atoms. The Labute approximate surface area is 98.3 Å². The molecule has 0 amide bonds. The fraction of sp³-hybridized carbons (Fsp3) is 0.545. The zero-order valence-corrected chi connectivity index (χ0v) is 9.69. The topological polar surface area (TPSA) is 86.3 Å². The van der Waals surface area contributed by atoms with Gasteiger partial charge in [-0.05, 0) is 13.0 Å². The van der Waals surface area contributed by atoms with E-state index in [2.05, 4.69) is 21.8 Å². The molecule has 2 rings (SSSR count). The van der Waals surface area contributed by atoms with Gasteiger partial charge in [-0.25, -0.2) is 4.98 Å². The second kappa shape index (κ2) is 4.67. The molecule has 6 heteroatoms. The minimum Gasteiger partial charge on any atom is -0.481 e. The Hall–Kier alpha value is -1.69. The Bertz CT molecular complexity index is 495. The molecule has 0 aliphatic carbocycles. The van der Waals surface area contributed by atoms with E-state index in [1.54, 1.807) is 0 Å². The molecule has 0 unspecified atom stereocenters. The number of hydrogen-bond acceptors (Lipinski definition) is 4. The Morgan fingerprint density at radius 1 is 1.53 bits per heavy atom. The summed E-state index contributed by atoms with van der Waals surface area (Å²) in [5, 5.41) is 8.67. The number of carboxylic acid groups (broad SMARTS) is 1. The summed E-state index contributed by atoms with van der Waals surface area (Å²) < 4.78 is 0. The van der Waals surface area contributed by atoms with Gasteiger partial charge in [-0.2, -0.15) is 0 Å². The molecule has 0 aromatic carbocycles. The Morgan fingerprint density at radius 2 is 2.29 bits per heavy atom. The van der Waals surface area contributed by atoms with Crippen LogP contribution in [-0.2, 0) is 24.3 Å². The molecule has 1 aromatic heterocycles. The number of H-pyrrole nitrogens is 1. The summed E-state index contributed by atoms with van der Waals surface area (Å²) in [5.41, 5.74) is 1.19. The summed E-state index contributed by atoms with van der Waals surface area (Å²) in [6, 6.07) is 0. The number of nitrogens with one attached hydrogen (secondary N) is 1. The number of rotatable bonds is 4. The first-order valence-electron chi connectivity index (χ1n) is 5.65. The van der Waals surface area contributed by atoms with Crippen molar-refractivity contribution in [3.8, 4) is 0 Å². The van der Waals surface area contributed by atoms with E-state index in [-0.39, 0.29) is 17.8 Å². The van der Waals surface area contributed by atoms with E-state index in [9.17, 15) is 9.59 Å². The average molecular weight is 237 g/mol. The summed E-state index contributed by atoms with van der Waals surface area (Å²) in [6.07, 6.45) is 0.782. The molecule has 0 atom stereocenters. The van der Waals surface area contributed by atoms with E-state index in [0.29, 0.717) is 18.7 Å². The molecule has 0 saturated carbocycles. The molecular weight excluding hydrogens is 222 g/mol. The molecule has 2 N–H and O–H groups in total. The first kappa shape index (κ1) is 11.8. The van der Waals surface area contributed by atoms with Crippen LogP contribution >= 0.6 is 0 Å². The lowest BCUT2D eigenvalue weighted by Crippen LogP contribution is -2.20. The first-order chi connectivity index (χ1) is 8.10. The van der Waals surface area contributed by atoms with Crippen LogP contribution < -0.4 is 5.56 Å².